The van der Waals surface area contributed by atoms with Gasteiger partial charge in [0.1, 0.15) is 5.56 Å². The normalized spacial score (nSPS) is 24.3. The van der Waals surface area contributed by atoms with Gasteiger partial charge in [-0.15, -0.1) is 0 Å². The Labute approximate surface area is 201 Å². The average Bonchev–Trinajstić information content (AvgIpc) is 3.27. The lowest BCUT2D eigenvalue weighted by molar-refractivity contribution is 0.0695. The van der Waals surface area contributed by atoms with Gasteiger partial charge in [-0.3, -0.25) is 4.68 Å². The molecule has 34 heavy (non-hydrogen) atoms. The maximum Gasteiger partial charge on any atom is 0.339 e. The number of aromatic nitrogens is 4. The zero-order valence-corrected chi connectivity index (χ0v) is 20.0. The lowest BCUT2D eigenvalue weighted by atomic mass is 9.81. The quantitative estimate of drug-likeness (QED) is 0.446. The van der Waals surface area contributed by atoms with Gasteiger partial charge in [-0.1, -0.05) is 31.9 Å². The van der Waals surface area contributed by atoms with Crippen molar-refractivity contribution in [3.63, 3.8) is 0 Å². The van der Waals surface area contributed by atoms with E-state index in [4.69, 9.17) is 5.10 Å². The molecule has 2 saturated carbocycles. The van der Waals surface area contributed by atoms with Crippen molar-refractivity contribution in [1.82, 2.24) is 19.6 Å². The molecule has 0 radical (unpaired) electrons. The Morgan fingerprint density at radius 3 is 2.74 bits per heavy atom. The molecule has 0 spiro atoms. The Morgan fingerprint density at radius 2 is 1.94 bits per heavy atom. The fourth-order valence-electron chi connectivity index (χ4n) is 6.51. The van der Waals surface area contributed by atoms with Gasteiger partial charge in [-0.05, 0) is 80.5 Å². The van der Waals surface area contributed by atoms with Gasteiger partial charge >= 0.3 is 5.97 Å². The molecule has 1 N–H and O–H groups in total. The maximum atomic E-state index is 11.7. The molecule has 3 aliphatic rings. The standard InChI is InChI=1S/C28H34N4O2/c1-2-5-18-12-13-22-16-29-31(26(18)22)23-8-3-6-20(14-23)21-7-4-9-24(15-21)32-27(19-10-11-19)25(17-30-32)28(33)34/h4,7,9,15-20,23H,2-3,5-6,8,10-14H2,1H3,(H,33,34)/t18?,20-,23+/m0/s1. The van der Waals surface area contributed by atoms with Crippen molar-refractivity contribution in [3.8, 4) is 5.69 Å². The first-order valence-corrected chi connectivity index (χ1v) is 13.1. The zero-order valence-electron chi connectivity index (χ0n) is 20.0. The first-order chi connectivity index (χ1) is 16.6. The van der Waals surface area contributed by atoms with E-state index in [1.54, 1.807) is 0 Å². The average molecular weight is 459 g/mol. The molecular weight excluding hydrogens is 424 g/mol. The van der Waals surface area contributed by atoms with Gasteiger partial charge in [-0.2, -0.15) is 10.2 Å². The number of hydrogen-bond donors (Lipinski definition) is 1. The van der Waals surface area contributed by atoms with E-state index in [-0.39, 0.29) is 0 Å². The minimum Gasteiger partial charge on any atom is -0.478 e. The summed E-state index contributed by atoms with van der Waals surface area (Å²) in [6.45, 7) is 2.29. The van der Waals surface area contributed by atoms with Gasteiger partial charge in [0.25, 0.3) is 0 Å². The van der Waals surface area contributed by atoms with Crippen LogP contribution in [0.5, 0.6) is 0 Å². The van der Waals surface area contributed by atoms with E-state index < -0.39 is 5.97 Å². The van der Waals surface area contributed by atoms with Gasteiger partial charge in [0, 0.05) is 17.5 Å². The molecule has 1 aromatic carbocycles. The van der Waals surface area contributed by atoms with Crippen LogP contribution < -0.4 is 0 Å². The minimum absolute atomic E-state index is 0.314. The third-order valence-corrected chi connectivity index (χ3v) is 8.28. The fraction of sp³-hybridized carbons (Fsp3) is 0.536. The molecule has 6 rings (SSSR count). The Hall–Kier alpha value is -2.89. The number of hydrogen-bond acceptors (Lipinski definition) is 3. The Kier molecular flexibility index (Phi) is 5.54. The summed E-state index contributed by atoms with van der Waals surface area (Å²) in [5, 5.41) is 19.0. The minimum atomic E-state index is -0.882. The zero-order chi connectivity index (χ0) is 23.2. The number of carboxylic acids is 1. The second kappa shape index (κ2) is 8.71. The van der Waals surface area contributed by atoms with Gasteiger partial charge in [0.15, 0.2) is 0 Å². The molecule has 6 heteroatoms. The molecule has 3 aromatic rings. The van der Waals surface area contributed by atoms with Crippen molar-refractivity contribution in [2.24, 2.45) is 0 Å². The van der Waals surface area contributed by atoms with Crippen LogP contribution in [0.3, 0.4) is 0 Å². The largest absolute Gasteiger partial charge is 0.478 e. The molecule has 6 nitrogen and oxygen atoms in total. The number of aryl methyl sites for hydroxylation is 1. The molecular formula is C28H34N4O2. The third-order valence-electron chi connectivity index (χ3n) is 8.28. The van der Waals surface area contributed by atoms with Crippen molar-refractivity contribution >= 4 is 5.97 Å². The highest BCUT2D eigenvalue weighted by atomic mass is 16.4. The van der Waals surface area contributed by atoms with Crippen LogP contribution in [0.2, 0.25) is 0 Å². The van der Waals surface area contributed by atoms with E-state index in [1.807, 2.05) is 4.68 Å². The molecule has 0 aliphatic heterocycles. The maximum absolute atomic E-state index is 11.7. The predicted molar refractivity (Wildman–Crippen MR) is 131 cm³/mol. The fourth-order valence-corrected chi connectivity index (χ4v) is 6.51. The van der Waals surface area contributed by atoms with Crippen LogP contribution in [0.1, 0.15) is 121 Å². The van der Waals surface area contributed by atoms with Crippen LogP contribution in [-0.2, 0) is 6.42 Å². The highest BCUT2D eigenvalue weighted by Gasteiger charge is 2.34. The van der Waals surface area contributed by atoms with Gasteiger partial charge in [0.2, 0.25) is 0 Å². The molecule has 1 unspecified atom stereocenters. The molecule has 2 heterocycles. The molecule has 178 valence electrons. The third kappa shape index (κ3) is 3.77. The van der Waals surface area contributed by atoms with Crippen molar-refractivity contribution in [2.75, 3.05) is 0 Å². The number of fused-ring (bicyclic) bond motifs is 1. The van der Waals surface area contributed by atoms with Gasteiger partial charge < -0.3 is 5.11 Å². The lowest BCUT2D eigenvalue weighted by Gasteiger charge is -2.31. The molecule has 3 atom stereocenters. The predicted octanol–water partition coefficient (Wildman–Crippen LogP) is 6.37. The van der Waals surface area contributed by atoms with E-state index in [1.165, 1.54) is 68.0 Å². The van der Waals surface area contributed by atoms with Gasteiger partial charge in [0.05, 0.1) is 29.8 Å². The second-order valence-electron chi connectivity index (χ2n) is 10.6. The molecule has 0 bridgehead atoms. The van der Waals surface area contributed by atoms with Gasteiger partial charge in [-0.25, -0.2) is 9.48 Å². The summed E-state index contributed by atoms with van der Waals surface area (Å²) in [6.07, 6.45) is 15.4. The van der Waals surface area contributed by atoms with Crippen LogP contribution in [-0.4, -0.2) is 30.6 Å². The van der Waals surface area contributed by atoms with E-state index >= 15 is 0 Å². The molecule has 3 aliphatic carbocycles. The van der Waals surface area contributed by atoms with Crippen LogP contribution >= 0.6 is 0 Å². The molecule has 0 saturated heterocycles. The van der Waals surface area contributed by atoms with E-state index in [0.29, 0.717) is 29.4 Å². The Bertz CT molecular complexity index is 1200. The first kappa shape index (κ1) is 21.6. The Morgan fingerprint density at radius 1 is 1.06 bits per heavy atom. The van der Waals surface area contributed by atoms with Crippen molar-refractivity contribution in [2.45, 2.75) is 94.9 Å². The van der Waals surface area contributed by atoms with Crippen molar-refractivity contribution in [3.05, 3.63) is 64.7 Å². The first-order valence-electron chi connectivity index (χ1n) is 13.1. The van der Waals surface area contributed by atoms with E-state index in [0.717, 1.165) is 30.6 Å². The summed E-state index contributed by atoms with van der Waals surface area (Å²) < 4.78 is 4.27. The van der Waals surface area contributed by atoms with Crippen LogP contribution in [0, 0.1) is 0 Å². The van der Waals surface area contributed by atoms with Crippen LogP contribution in [0.25, 0.3) is 5.69 Å². The van der Waals surface area contributed by atoms with Crippen LogP contribution in [0.15, 0.2) is 36.7 Å². The summed E-state index contributed by atoms with van der Waals surface area (Å²) in [5.41, 5.74) is 6.53. The molecule has 2 fully saturated rings. The van der Waals surface area contributed by atoms with Crippen molar-refractivity contribution in [1.29, 1.82) is 0 Å². The number of rotatable bonds is 7. The summed E-state index contributed by atoms with van der Waals surface area (Å²) in [4.78, 5) is 11.7. The van der Waals surface area contributed by atoms with E-state index in [2.05, 4.69) is 47.2 Å². The summed E-state index contributed by atoms with van der Waals surface area (Å²) in [5.74, 6) is 0.598. The SMILES string of the molecule is CCCC1CCc2cnn([C@@H]3CCC[C@H](c4cccc(-n5ncc(C(=O)O)c5C5CC5)c4)C3)c21. The number of benzene rings is 1. The number of carbonyl (C=O) groups is 1. The topological polar surface area (TPSA) is 72.9 Å². The highest BCUT2D eigenvalue weighted by Crippen LogP contribution is 2.45. The Balaban J connectivity index is 1.27. The highest BCUT2D eigenvalue weighted by molar-refractivity contribution is 5.89. The number of nitrogens with zero attached hydrogens (tertiary/aromatic N) is 4. The van der Waals surface area contributed by atoms with E-state index in [9.17, 15) is 9.90 Å². The number of carboxylic acid groups (broad SMARTS) is 1. The summed E-state index contributed by atoms with van der Waals surface area (Å²) in [7, 11) is 0. The molecule has 2 aromatic heterocycles. The summed E-state index contributed by atoms with van der Waals surface area (Å²) in [6, 6.07) is 9.11. The monoisotopic (exact) mass is 458 g/mol. The van der Waals surface area contributed by atoms with Crippen LogP contribution in [0.4, 0.5) is 0 Å². The summed E-state index contributed by atoms with van der Waals surface area (Å²) >= 11 is 0. The van der Waals surface area contributed by atoms with Crippen molar-refractivity contribution < 1.29 is 9.90 Å². The number of aromatic carboxylic acids is 1. The smallest absolute Gasteiger partial charge is 0.339 e. The second-order valence-corrected chi connectivity index (χ2v) is 10.6. The molecule has 0 amide bonds. The lowest BCUT2D eigenvalue weighted by Crippen LogP contribution is -2.21.